The van der Waals surface area contributed by atoms with E-state index in [1.54, 1.807) is 30.5 Å². The van der Waals surface area contributed by atoms with Crippen LogP contribution >= 0.6 is 22.9 Å². The van der Waals surface area contributed by atoms with E-state index in [0.717, 1.165) is 56.4 Å². The standard InChI is InChI=1S/C25H25ClN4O5S2/c1-35-25(32)21-15-29(37(33,34)24-11-19-7-8-20(26)12-22(19)36-24)16-23(31)30(21)14-18-5-3-17(4-6-18)13-27-28-9-2-10-28/h3-8,11-13,21H,2,9-10,14-16H2,1H3/t21-/m1/s1. The topological polar surface area (TPSA) is 99.6 Å². The van der Waals surface area contributed by atoms with Gasteiger partial charge in [0.05, 0.1) is 19.9 Å². The molecule has 5 rings (SSSR count). The van der Waals surface area contributed by atoms with Crippen molar-refractivity contribution in [1.29, 1.82) is 0 Å². The van der Waals surface area contributed by atoms with Gasteiger partial charge in [0.2, 0.25) is 5.91 Å². The second-order valence-corrected chi connectivity index (χ2v) is 12.6. The van der Waals surface area contributed by atoms with Crippen molar-refractivity contribution in [1.82, 2.24) is 14.2 Å². The van der Waals surface area contributed by atoms with E-state index in [9.17, 15) is 18.0 Å². The zero-order valence-electron chi connectivity index (χ0n) is 20.0. The van der Waals surface area contributed by atoms with Crippen molar-refractivity contribution in [2.45, 2.75) is 23.2 Å². The minimum Gasteiger partial charge on any atom is -0.467 e. The first-order valence-electron chi connectivity index (χ1n) is 11.7. The first-order chi connectivity index (χ1) is 17.7. The number of esters is 1. The lowest BCUT2D eigenvalue weighted by Gasteiger charge is -2.38. The molecule has 0 unspecified atom stereocenters. The van der Waals surface area contributed by atoms with Gasteiger partial charge in [0, 0.05) is 35.9 Å². The third kappa shape index (κ3) is 5.35. The number of hydrazone groups is 1. The molecule has 0 N–H and O–H groups in total. The van der Waals surface area contributed by atoms with Gasteiger partial charge in [-0.05, 0) is 41.1 Å². The second-order valence-electron chi connectivity index (χ2n) is 8.90. The molecule has 37 heavy (non-hydrogen) atoms. The summed E-state index contributed by atoms with van der Waals surface area (Å²) in [5.41, 5.74) is 1.73. The smallest absolute Gasteiger partial charge is 0.329 e. The lowest BCUT2D eigenvalue weighted by atomic mass is 10.1. The Hall–Kier alpha value is -2.99. The molecule has 0 radical (unpaired) electrons. The molecule has 2 aromatic carbocycles. The monoisotopic (exact) mass is 560 g/mol. The predicted molar refractivity (Wildman–Crippen MR) is 142 cm³/mol. The Balaban J connectivity index is 1.34. The third-order valence-electron chi connectivity index (χ3n) is 6.45. The van der Waals surface area contributed by atoms with Crippen LogP contribution in [0.15, 0.2) is 57.8 Å². The number of ether oxygens (including phenoxy) is 1. The van der Waals surface area contributed by atoms with Gasteiger partial charge < -0.3 is 9.64 Å². The molecule has 194 valence electrons. The summed E-state index contributed by atoms with van der Waals surface area (Å²) >= 11 is 7.12. The Bertz CT molecular complexity index is 1470. The van der Waals surface area contributed by atoms with E-state index >= 15 is 0 Å². The maximum atomic E-state index is 13.4. The van der Waals surface area contributed by atoms with Crippen LogP contribution < -0.4 is 0 Å². The highest BCUT2D eigenvalue weighted by atomic mass is 35.5. The minimum absolute atomic E-state index is 0.0881. The van der Waals surface area contributed by atoms with Gasteiger partial charge in [-0.3, -0.25) is 9.80 Å². The van der Waals surface area contributed by atoms with Gasteiger partial charge in [0.15, 0.2) is 0 Å². The summed E-state index contributed by atoms with van der Waals surface area (Å²) in [4.78, 5) is 27.2. The second kappa shape index (κ2) is 10.4. The van der Waals surface area contributed by atoms with E-state index in [1.807, 2.05) is 29.3 Å². The third-order valence-corrected chi connectivity index (χ3v) is 10.0. The maximum absolute atomic E-state index is 13.4. The zero-order valence-corrected chi connectivity index (χ0v) is 22.4. The molecule has 2 aliphatic heterocycles. The molecule has 3 aromatic rings. The number of amides is 1. The van der Waals surface area contributed by atoms with Crippen LogP contribution in [0, 0.1) is 0 Å². The summed E-state index contributed by atoms with van der Waals surface area (Å²) in [5, 5.41) is 7.61. The molecule has 2 fully saturated rings. The van der Waals surface area contributed by atoms with E-state index in [0.29, 0.717) is 5.02 Å². The van der Waals surface area contributed by atoms with Crippen LogP contribution in [0.3, 0.4) is 0 Å². The number of carbonyl (C=O) groups is 2. The van der Waals surface area contributed by atoms with Crippen molar-refractivity contribution in [3.8, 4) is 0 Å². The lowest BCUT2D eigenvalue weighted by Crippen LogP contribution is -2.60. The molecule has 0 spiro atoms. The SMILES string of the molecule is COC(=O)[C@H]1CN(S(=O)(=O)c2cc3ccc(Cl)cc3s2)CC(=O)N1Cc1ccc(C=NN2CCC2)cc1. The number of carbonyl (C=O) groups excluding carboxylic acids is 2. The summed E-state index contributed by atoms with van der Waals surface area (Å²) in [5.74, 6) is -1.15. The van der Waals surface area contributed by atoms with E-state index in [-0.39, 0.29) is 23.8 Å². The summed E-state index contributed by atoms with van der Waals surface area (Å²) in [6, 6.07) is 13.1. The number of methoxy groups -OCH3 is 1. The van der Waals surface area contributed by atoms with Gasteiger partial charge in [-0.2, -0.15) is 9.41 Å². The predicted octanol–water partition coefficient (Wildman–Crippen LogP) is 3.17. The van der Waals surface area contributed by atoms with E-state index < -0.39 is 27.9 Å². The fourth-order valence-electron chi connectivity index (χ4n) is 4.19. The number of sulfonamides is 1. The van der Waals surface area contributed by atoms with Crippen LogP contribution in [0.4, 0.5) is 0 Å². The fraction of sp³-hybridized carbons (Fsp3) is 0.320. The Morgan fingerprint density at radius 3 is 2.62 bits per heavy atom. The van der Waals surface area contributed by atoms with Gasteiger partial charge in [-0.15, -0.1) is 11.3 Å². The first kappa shape index (κ1) is 25.7. The molecule has 0 aliphatic carbocycles. The zero-order chi connectivity index (χ0) is 26.2. The van der Waals surface area contributed by atoms with Crippen LogP contribution in [0.2, 0.25) is 5.02 Å². The molecule has 2 aliphatic rings. The highest BCUT2D eigenvalue weighted by Gasteiger charge is 2.42. The molecule has 9 nitrogen and oxygen atoms in total. The van der Waals surface area contributed by atoms with E-state index in [4.69, 9.17) is 16.3 Å². The van der Waals surface area contributed by atoms with Crippen molar-refractivity contribution in [2.75, 3.05) is 33.3 Å². The number of halogens is 1. The maximum Gasteiger partial charge on any atom is 0.329 e. The number of nitrogens with zero attached hydrogens (tertiary/aromatic N) is 4. The summed E-state index contributed by atoms with van der Waals surface area (Å²) < 4.78 is 33.7. The van der Waals surface area contributed by atoms with Gasteiger partial charge >= 0.3 is 5.97 Å². The largest absolute Gasteiger partial charge is 0.467 e. The van der Waals surface area contributed by atoms with Crippen molar-refractivity contribution in [3.05, 3.63) is 64.7 Å². The Morgan fingerprint density at radius 2 is 1.95 bits per heavy atom. The molecule has 1 atom stereocenters. The number of hydrogen-bond donors (Lipinski definition) is 0. The Morgan fingerprint density at radius 1 is 1.19 bits per heavy atom. The highest BCUT2D eigenvalue weighted by Crippen LogP contribution is 2.33. The number of benzene rings is 2. The van der Waals surface area contributed by atoms with Gasteiger partial charge in [-0.25, -0.2) is 13.2 Å². The van der Waals surface area contributed by atoms with Crippen LogP contribution in [0.5, 0.6) is 0 Å². The normalized spacial score (nSPS) is 19.0. The van der Waals surface area contributed by atoms with Gasteiger partial charge in [0.1, 0.15) is 10.3 Å². The van der Waals surface area contributed by atoms with Crippen molar-refractivity contribution >= 4 is 61.1 Å². The van der Waals surface area contributed by atoms with Gasteiger partial charge in [-0.1, -0.05) is 41.9 Å². The molecule has 1 amide bonds. The Kier molecular flexibility index (Phi) is 7.21. The average molecular weight is 561 g/mol. The quantitative estimate of drug-likeness (QED) is 0.325. The van der Waals surface area contributed by atoms with Crippen LogP contribution in [-0.2, 0) is 30.9 Å². The molecule has 0 saturated carbocycles. The molecular weight excluding hydrogens is 536 g/mol. The summed E-state index contributed by atoms with van der Waals surface area (Å²) in [6.07, 6.45) is 2.94. The molecule has 3 heterocycles. The number of rotatable bonds is 7. The Labute approximate surface area is 223 Å². The van der Waals surface area contributed by atoms with Gasteiger partial charge in [0.25, 0.3) is 10.0 Å². The van der Waals surface area contributed by atoms with Crippen LogP contribution in [0.1, 0.15) is 17.5 Å². The number of hydrogen-bond acceptors (Lipinski definition) is 8. The van der Waals surface area contributed by atoms with Crippen LogP contribution in [-0.4, -0.2) is 80.1 Å². The van der Waals surface area contributed by atoms with Crippen molar-refractivity contribution < 1.29 is 22.7 Å². The first-order valence-corrected chi connectivity index (χ1v) is 14.3. The van der Waals surface area contributed by atoms with Crippen molar-refractivity contribution in [2.24, 2.45) is 5.10 Å². The summed E-state index contributed by atoms with van der Waals surface area (Å²) in [7, 11) is -2.80. The molecule has 2 saturated heterocycles. The highest BCUT2D eigenvalue weighted by molar-refractivity contribution is 7.91. The minimum atomic E-state index is -4.02. The molecular formula is C25H25ClN4O5S2. The number of thiophene rings is 1. The van der Waals surface area contributed by atoms with Crippen molar-refractivity contribution in [3.63, 3.8) is 0 Å². The molecule has 0 bridgehead atoms. The van der Waals surface area contributed by atoms with E-state index in [1.165, 1.54) is 12.0 Å². The lowest BCUT2D eigenvalue weighted by molar-refractivity contribution is -0.157. The van der Waals surface area contributed by atoms with Crippen LogP contribution in [0.25, 0.3) is 10.1 Å². The van der Waals surface area contributed by atoms with E-state index in [2.05, 4.69) is 5.10 Å². The summed E-state index contributed by atoms with van der Waals surface area (Å²) in [6.45, 7) is 1.51. The average Bonchev–Trinajstić information content (AvgIpc) is 3.28. The molecule has 12 heteroatoms. The number of fused-ring (bicyclic) bond motifs is 1. The fourth-order valence-corrected chi connectivity index (χ4v) is 7.42. The number of piperazine rings is 1. The molecule has 1 aromatic heterocycles.